The van der Waals surface area contributed by atoms with Gasteiger partial charge in [-0.25, -0.2) is 0 Å². The van der Waals surface area contributed by atoms with Gasteiger partial charge in [0.15, 0.2) is 6.10 Å². The smallest absolute Gasteiger partial charge is 0.289 e. The number of benzene rings is 2. The third-order valence-corrected chi connectivity index (χ3v) is 9.40. The molecule has 3 aliphatic rings. The Hall–Kier alpha value is -4.26. The van der Waals surface area contributed by atoms with Gasteiger partial charge in [0.05, 0.1) is 18.3 Å². The Balaban J connectivity index is 1.45. The minimum absolute atomic E-state index is 0.0242. The number of ketones is 1. The summed E-state index contributed by atoms with van der Waals surface area (Å²) in [5.74, 6) is -3.09. The maximum atomic E-state index is 14.7. The van der Waals surface area contributed by atoms with E-state index in [1.807, 2.05) is 45.9 Å². The largest absolute Gasteiger partial charge is 0.367 e. The molecule has 0 unspecified atom stereocenters. The molecule has 2 aliphatic heterocycles. The Morgan fingerprint density at radius 3 is 2.40 bits per heavy atom. The minimum Gasteiger partial charge on any atom is -0.367 e. The van der Waals surface area contributed by atoms with E-state index >= 15 is 0 Å². The lowest BCUT2D eigenvalue weighted by Crippen LogP contribution is -2.59. The maximum Gasteiger partial charge on any atom is 0.289 e. The van der Waals surface area contributed by atoms with Crippen LogP contribution in [0.15, 0.2) is 60.7 Å². The van der Waals surface area contributed by atoms with Crippen LogP contribution in [0.2, 0.25) is 5.02 Å². The second-order valence-corrected chi connectivity index (χ2v) is 14.8. The Bertz CT molecular complexity index is 1640. The lowest BCUT2D eigenvalue weighted by Gasteiger charge is -2.36. The molecule has 5 rings (SSSR count). The van der Waals surface area contributed by atoms with E-state index in [1.165, 1.54) is 12.0 Å². The van der Waals surface area contributed by atoms with E-state index in [0.717, 1.165) is 18.4 Å². The summed E-state index contributed by atoms with van der Waals surface area (Å²) < 4.78 is 5.54. The van der Waals surface area contributed by atoms with Gasteiger partial charge in [0, 0.05) is 30.2 Å². The van der Waals surface area contributed by atoms with Crippen LogP contribution in [0.5, 0.6) is 0 Å². The zero-order valence-corrected chi connectivity index (χ0v) is 29.8. The van der Waals surface area contributed by atoms with Crippen molar-refractivity contribution >= 4 is 46.7 Å². The fourth-order valence-corrected chi connectivity index (χ4v) is 6.53. The summed E-state index contributed by atoms with van der Waals surface area (Å²) in [4.78, 5) is 75.9. The van der Waals surface area contributed by atoms with Crippen LogP contribution in [-0.2, 0) is 33.5 Å². The highest BCUT2D eigenvalue weighted by Gasteiger charge is 2.54. The van der Waals surface area contributed by atoms with Gasteiger partial charge in [0.1, 0.15) is 17.7 Å². The Kier molecular flexibility index (Phi) is 11.3. The molecule has 0 radical (unpaired) electrons. The molecule has 4 N–H and O–H groups in total. The number of hydroxylamine groups is 1. The van der Waals surface area contributed by atoms with Crippen molar-refractivity contribution in [2.45, 2.75) is 95.7 Å². The summed E-state index contributed by atoms with van der Waals surface area (Å²) in [6, 6.07) is 12.8. The van der Waals surface area contributed by atoms with E-state index in [0.29, 0.717) is 22.7 Å². The van der Waals surface area contributed by atoms with Crippen molar-refractivity contribution in [3.63, 3.8) is 0 Å². The number of likely N-dealkylation sites (tertiary alicyclic amines) is 1. The maximum absolute atomic E-state index is 14.7. The predicted octanol–water partition coefficient (Wildman–Crippen LogP) is 3.61. The molecular weight excluding hydrogens is 662 g/mol. The van der Waals surface area contributed by atoms with Gasteiger partial charge >= 0.3 is 0 Å². The standard InChI is InChI=1S/C37H46ClN5O7/c1-6-11-26(29(44)33(46)39-25-16-17-25)40-32(45)28-20-37(19-27(42-50-37)23-14-10-15-24(38)18-23)21-43(28)35(48)31(36(2,3)4)41-34(47)30(49-5)22-12-8-7-9-13-22/h7-10,12-15,18-19,25-26,28,30-31,42H,6,11,16-17,20-21H2,1-5H3,(H,39,46)(H,40,45)(H,41,47)/t26-,28-,30+,31+,37+/m0/s1. The zero-order chi connectivity index (χ0) is 36.2. The van der Waals surface area contributed by atoms with Crippen LogP contribution in [0.25, 0.3) is 5.70 Å². The van der Waals surface area contributed by atoms with Crippen molar-refractivity contribution in [1.82, 2.24) is 26.3 Å². The summed E-state index contributed by atoms with van der Waals surface area (Å²) >= 11 is 6.25. The van der Waals surface area contributed by atoms with Gasteiger partial charge < -0.3 is 25.6 Å². The number of ether oxygens (including phenoxy) is 1. The molecule has 0 bridgehead atoms. The van der Waals surface area contributed by atoms with Crippen LogP contribution >= 0.6 is 11.6 Å². The van der Waals surface area contributed by atoms with Crippen LogP contribution < -0.4 is 21.4 Å². The molecule has 13 heteroatoms. The number of Topliss-reactive ketones (excluding diaryl/α,β-unsaturated/α-hetero) is 1. The number of rotatable bonds is 13. The molecule has 2 aromatic carbocycles. The quantitative estimate of drug-likeness (QED) is 0.230. The van der Waals surface area contributed by atoms with Gasteiger partial charge in [-0.05, 0) is 48.4 Å². The molecule has 1 spiro atoms. The fraction of sp³-hybridized carbons (Fsp3) is 0.486. The molecule has 1 saturated carbocycles. The molecule has 1 aliphatic carbocycles. The first-order chi connectivity index (χ1) is 23.7. The van der Waals surface area contributed by atoms with E-state index in [4.69, 9.17) is 21.2 Å². The van der Waals surface area contributed by atoms with Gasteiger partial charge in [0.2, 0.25) is 17.6 Å². The summed E-state index contributed by atoms with van der Waals surface area (Å²) in [6.45, 7) is 7.27. The molecule has 2 fully saturated rings. The average molecular weight is 708 g/mol. The van der Waals surface area contributed by atoms with E-state index in [1.54, 1.807) is 42.5 Å². The summed E-state index contributed by atoms with van der Waals surface area (Å²) in [7, 11) is 1.42. The number of halogens is 1. The first-order valence-electron chi connectivity index (χ1n) is 17.0. The number of carbonyl (C=O) groups is 5. The van der Waals surface area contributed by atoms with E-state index in [9.17, 15) is 24.0 Å². The Morgan fingerprint density at radius 1 is 1.06 bits per heavy atom. The average Bonchev–Trinajstić information content (AvgIpc) is 3.67. The van der Waals surface area contributed by atoms with Gasteiger partial charge in [-0.15, -0.1) is 0 Å². The Morgan fingerprint density at radius 2 is 1.78 bits per heavy atom. The predicted molar refractivity (Wildman–Crippen MR) is 187 cm³/mol. The number of carbonyl (C=O) groups excluding carboxylic acids is 5. The molecule has 12 nitrogen and oxygen atoms in total. The van der Waals surface area contributed by atoms with Crippen LogP contribution in [-0.4, -0.2) is 77.7 Å². The lowest BCUT2D eigenvalue weighted by molar-refractivity contribution is -0.146. The summed E-state index contributed by atoms with van der Waals surface area (Å²) in [5.41, 5.74) is 3.00. The monoisotopic (exact) mass is 707 g/mol. The van der Waals surface area contributed by atoms with Crippen molar-refractivity contribution in [2.75, 3.05) is 13.7 Å². The first kappa shape index (κ1) is 37.0. The topological polar surface area (TPSA) is 155 Å². The van der Waals surface area contributed by atoms with Crippen molar-refractivity contribution in [3.8, 4) is 0 Å². The van der Waals surface area contributed by atoms with Gasteiger partial charge in [0.25, 0.3) is 11.8 Å². The van der Waals surface area contributed by atoms with Crippen LogP contribution in [0.1, 0.15) is 77.0 Å². The second-order valence-electron chi connectivity index (χ2n) is 14.3. The highest BCUT2D eigenvalue weighted by Crippen LogP contribution is 2.39. The number of nitrogens with zero attached hydrogens (tertiary/aromatic N) is 1. The van der Waals surface area contributed by atoms with Gasteiger partial charge in [-0.3, -0.25) is 34.3 Å². The van der Waals surface area contributed by atoms with Crippen molar-refractivity contribution < 1.29 is 33.5 Å². The Labute approximate surface area is 297 Å². The van der Waals surface area contributed by atoms with Crippen LogP contribution in [0.3, 0.4) is 0 Å². The zero-order valence-electron chi connectivity index (χ0n) is 29.1. The summed E-state index contributed by atoms with van der Waals surface area (Å²) in [5, 5.41) is 8.91. The van der Waals surface area contributed by atoms with Crippen molar-refractivity contribution in [3.05, 3.63) is 76.8 Å². The third-order valence-electron chi connectivity index (χ3n) is 9.17. The molecule has 268 valence electrons. The van der Waals surface area contributed by atoms with Crippen molar-refractivity contribution in [1.29, 1.82) is 0 Å². The molecule has 4 amide bonds. The molecule has 2 heterocycles. The number of amides is 4. The summed E-state index contributed by atoms with van der Waals surface area (Å²) in [6.07, 6.45) is 3.28. The first-order valence-corrected chi connectivity index (χ1v) is 17.4. The lowest BCUT2D eigenvalue weighted by atomic mass is 9.85. The minimum atomic E-state index is -1.13. The van der Waals surface area contributed by atoms with Gasteiger partial charge in [-0.1, -0.05) is 88.2 Å². The van der Waals surface area contributed by atoms with Crippen LogP contribution in [0.4, 0.5) is 0 Å². The molecule has 2 aromatic rings. The molecular formula is C37H46ClN5O7. The molecule has 1 saturated heterocycles. The van der Waals surface area contributed by atoms with Crippen molar-refractivity contribution in [2.24, 2.45) is 5.41 Å². The molecule has 0 aromatic heterocycles. The highest BCUT2D eigenvalue weighted by atomic mass is 35.5. The third kappa shape index (κ3) is 8.54. The highest BCUT2D eigenvalue weighted by molar-refractivity contribution is 6.38. The fourth-order valence-electron chi connectivity index (χ4n) is 6.34. The SMILES string of the molecule is CCC[C@H](NC(=O)[C@@H]1C[C@]2(C=C(c3cccc(Cl)c3)NO2)CN1C(=O)[C@@H](NC(=O)[C@H](OC)c1ccccc1)C(C)(C)C)C(=O)C(=O)NC1CC1. The number of hydrogen-bond donors (Lipinski definition) is 4. The second kappa shape index (κ2) is 15.3. The molecule has 5 atom stereocenters. The number of hydrogen-bond acceptors (Lipinski definition) is 8. The molecule has 50 heavy (non-hydrogen) atoms. The van der Waals surface area contributed by atoms with Gasteiger partial charge in [-0.2, -0.15) is 0 Å². The number of methoxy groups -OCH3 is 1. The number of nitrogens with one attached hydrogen (secondary N) is 4. The van der Waals surface area contributed by atoms with E-state index < -0.39 is 64.7 Å². The normalized spacial score (nSPS) is 21.8. The van der Waals surface area contributed by atoms with E-state index in [-0.39, 0.29) is 25.4 Å². The van der Waals surface area contributed by atoms with Crippen LogP contribution in [0, 0.1) is 5.41 Å². The van der Waals surface area contributed by atoms with E-state index in [2.05, 4.69) is 21.4 Å².